The van der Waals surface area contributed by atoms with Crippen LogP contribution in [0.15, 0.2) is 29.1 Å². The molecule has 1 aromatic carbocycles. The van der Waals surface area contributed by atoms with Crippen LogP contribution >= 0.6 is 11.3 Å². The van der Waals surface area contributed by atoms with Crippen molar-refractivity contribution in [1.29, 1.82) is 0 Å². The molecule has 1 aliphatic carbocycles. The van der Waals surface area contributed by atoms with Gasteiger partial charge in [-0.25, -0.2) is 4.98 Å². The number of nitrogens with zero attached hydrogens (tertiary/aromatic N) is 2. The molecule has 0 atom stereocenters. The van der Waals surface area contributed by atoms with Crippen molar-refractivity contribution in [2.24, 2.45) is 0 Å². The van der Waals surface area contributed by atoms with Crippen molar-refractivity contribution in [2.75, 3.05) is 0 Å². The van der Waals surface area contributed by atoms with E-state index in [4.69, 9.17) is 0 Å². The minimum Gasteiger partial charge on any atom is -0.306 e. The fraction of sp³-hybridized carbons (Fsp3) is 0.263. The molecule has 0 bridgehead atoms. The zero-order valence-electron chi connectivity index (χ0n) is 14.0. The number of nitro groups is 1. The van der Waals surface area contributed by atoms with Gasteiger partial charge in [0.25, 0.3) is 11.2 Å². The minimum atomic E-state index is -0.421. The molecule has 2 aromatic heterocycles. The zero-order valence-corrected chi connectivity index (χ0v) is 14.8. The predicted octanol–water partition coefficient (Wildman–Crippen LogP) is 4.33. The van der Waals surface area contributed by atoms with Crippen molar-refractivity contribution in [3.05, 3.63) is 66.6 Å². The maximum atomic E-state index is 12.6. The SMILES string of the molecule is O=c1[nH]c(/C=C/c2ccccc2[N+](=O)[O-])nc2sc3c(c12)CCCCC3. The molecule has 6 nitrogen and oxygen atoms in total. The lowest BCUT2D eigenvalue weighted by Gasteiger charge is -1.99. The Kier molecular flexibility index (Phi) is 4.38. The molecule has 0 spiro atoms. The van der Waals surface area contributed by atoms with Crippen molar-refractivity contribution in [3.8, 4) is 0 Å². The van der Waals surface area contributed by atoms with Gasteiger partial charge < -0.3 is 4.98 Å². The molecule has 1 N–H and O–H groups in total. The molecule has 0 aliphatic heterocycles. The summed E-state index contributed by atoms with van der Waals surface area (Å²) in [5, 5.41) is 11.8. The van der Waals surface area contributed by atoms with Crippen LogP contribution in [-0.2, 0) is 12.8 Å². The largest absolute Gasteiger partial charge is 0.306 e. The molecular weight excluding hydrogens is 350 g/mol. The number of aromatic nitrogens is 2. The third-order valence-corrected chi connectivity index (χ3v) is 5.83. The Balaban J connectivity index is 1.75. The van der Waals surface area contributed by atoms with E-state index >= 15 is 0 Å². The summed E-state index contributed by atoms with van der Waals surface area (Å²) in [5.74, 6) is 0.414. The van der Waals surface area contributed by atoms with Crippen molar-refractivity contribution >= 4 is 39.4 Å². The zero-order chi connectivity index (χ0) is 18.1. The quantitative estimate of drug-likeness (QED) is 0.424. The van der Waals surface area contributed by atoms with E-state index in [1.807, 2.05) is 0 Å². The first-order valence-electron chi connectivity index (χ1n) is 8.59. The summed E-state index contributed by atoms with van der Waals surface area (Å²) < 4.78 is 0. The first-order chi connectivity index (χ1) is 12.6. The highest BCUT2D eigenvalue weighted by Crippen LogP contribution is 2.33. The molecule has 7 heteroatoms. The molecule has 1 aliphatic rings. The Bertz CT molecular complexity index is 1080. The average molecular weight is 367 g/mol. The van der Waals surface area contributed by atoms with E-state index < -0.39 is 4.92 Å². The van der Waals surface area contributed by atoms with E-state index in [2.05, 4.69) is 9.97 Å². The van der Waals surface area contributed by atoms with Gasteiger partial charge in [0.15, 0.2) is 0 Å². The van der Waals surface area contributed by atoms with Crippen LogP contribution in [0.2, 0.25) is 0 Å². The molecule has 4 rings (SSSR count). The van der Waals surface area contributed by atoms with Gasteiger partial charge in [-0.1, -0.05) is 18.6 Å². The first kappa shape index (κ1) is 16.7. The van der Waals surface area contributed by atoms with Gasteiger partial charge in [0, 0.05) is 10.9 Å². The fourth-order valence-corrected chi connectivity index (χ4v) is 4.67. The number of benzene rings is 1. The first-order valence-corrected chi connectivity index (χ1v) is 9.41. The highest BCUT2D eigenvalue weighted by molar-refractivity contribution is 7.18. The van der Waals surface area contributed by atoms with E-state index in [9.17, 15) is 14.9 Å². The van der Waals surface area contributed by atoms with Crippen LogP contribution in [0.5, 0.6) is 0 Å². The highest BCUT2D eigenvalue weighted by atomic mass is 32.1. The second-order valence-corrected chi connectivity index (χ2v) is 7.43. The topological polar surface area (TPSA) is 88.9 Å². The van der Waals surface area contributed by atoms with Gasteiger partial charge >= 0.3 is 0 Å². The molecule has 2 heterocycles. The molecule has 3 aromatic rings. The maximum Gasteiger partial charge on any atom is 0.276 e. The Labute approximate surface area is 153 Å². The predicted molar refractivity (Wildman–Crippen MR) is 104 cm³/mol. The highest BCUT2D eigenvalue weighted by Gasteiger charge is 2.18. The monoisotopic (exact) mass is 367 g/mol. The summed E-state index contributed by atoms with van der Waals surface area (Å²) in [4.78, 5) is 32.7. The number of nitro benzene ring substituents is 1. The lowest BCUT2D eigenvalue weighted by atomic mass is 10.1. The summed E-state index contributed by atoms with van der Waals surface area (Å²) >= 11 is 1.60. The van der Waals surface area contributed by atoms with Gasteiger partial charge in [-0.2, -0.15) is 0 Å². The number of aromatic amines is 1. The third-order valence-electron chi connectivity index (χ3n) is 4.65. The van der Waals surface area contributed by atoms with Crippen LogP contribution < -0.4 is 5.56 Å². The average Bonchev–Trinajstić information content (AvgIpc) is 2.82. The number of hydrogen-bond acceptors (Lipinski definition) is 5. The van der Waals surface area contributed by atoms with E-state index in [0.717, 1.165) is 41.5 Å². The summed E-state index contributed by atoms with van der Waals surface area (Å²) in [6, 6.07) is 6.48. The van der Waals surface area contributed by atoms with E-state index in [0.29, 0.717) is 11.4 Å². The molecule has 132 valence electrons. The molecule has 0 unspecified atom stereocenters. The molecule has 0 saturated carbocycles. The van der Waals surface area contributed by atoms with E-state index in [1.54, 1.807) is 41.7 Å². The summed E-state index contributed by atoms with van der Waals surface area (Å²) in [5.41, 5.74) is 1.53. The van der Waals surface area contributed by atoms with Crippen LogP contribution in [-0.4, -0.2) is 14.9 Å². The summed E-state index contributed by atoms with van der Waals surface area (Å²) in [6.45, 7) is 0. The molecule has 26 heavy (non-hydrogen) atoms. The van der Waals surface area contributed by atoms with Gasteiger partial charge in [0.05, 0.1) is 15.9 Å². The number of rotatable bonds is 3. The number of fused-ring (bicyclic) bond motifs is 3. The van der Waals surface area contributed by atoms with Crippen molar-refractivity contribution in [1.82, 2.24) is 9.97 Å². The standard InChI is InChI=1S/C19H17N3O3S/c23-18-17-13-7-2-1-3-9-15(13)26-19(17)21-16(20-18)11-10-12-6-4-5-8-14(12)22(24)25/h4-6,8,10-11H,1-3,7,9H2,(H,20,21,23)/b11-10+. The van der Waals surface area contributed by atoms with Crippen LogP contribution in [0, 0.1) is 10.1 Å². The van der Waals surface area contributed by atoms with Gasteiger partial charge in [0.2, 0.25) is 0 Å². The van der Waals surface area contributed by atoms with Gasteiger partial charge in [0.1, 0.15) is 10.7 Å². The second kappa shape index (κ2) is 6.84. The number of H-pyrrole nitrogens is 1. The second-order valence-electron chi connectivity index (χ2n) is 6.35. The minimum absolute atomic E-state index is 0.0232. The molecule has 0 fully saturated rings. The number of hydrogen-bond donors (Lipinski definition) is 1. The smallest absolute Gasteiger partial charge is 0.276 e. The Morgan fingerprint density at radius 1 is 1.15 bits per heavy atom. The Hall–Kier alpha value is -2.80. The van der Waals surface area contributed by atoms with Crippen molar-refractivity contribution < 1.29 is 4.92 Å². The summed E-state index contributed by atoms with van der Waals surface area (Å²) in [7, 11) is 0. The summed E-state index contributed by atoms with van der Waals surface area (Å²) in [6.07, 6.45) is 8.64. The van der Waals surface area contributed by atoms with Crippen molar-refractivity contribution in [3.63, 3.8) is 0 Å². The number of nitrogens with one attached hydrogen (secondary N) is 1. The van der Waals surface area contributed by atoms with Crippen LogP contribution in [0.4, 0.5) is 5.69 Å². The normalized spacial score (nSPS) is 14.5. The fourth-order valence-electron chi connectivity index (χ4n) is 3.40. The van der Waals surface area contributed by atoms with Crippen LogP contribution in [0.3, 0.4) is 0 Å². The molecular formula is C19H17N3O3S. The number of thiophene rings is 1. The Morgan fingerprint density at radius 3 is 2.81 bits per heavy atom. The third kappa shape index (κ3) is 3.06. The Morgan fingerprint density at radius 2 is 1.96 bits per heavy atom. The van der Waals surface area contributed by atoms with Gasteiger partial charge in [-0.15, -0.1) is 11.3 Å². The van der Waals surface area contributed by atoms with Crippen molar-refractivity contribution in [2.45, 2.75) is 32.1 Å². The maximum absolute atomic E-state index is 12.6. The van der Waals surface area contributed by atoms with Crippen LogP contribution in [0.25, 0.3) is 22.4 Å². The van der Waals surface area contributed by atoms with E-state index in [1.165, 1.54) is 17.4 Å². The number of para-hydroxylation sites is 1. The molecule has 0 radical (unpaired) electrons. The number of aryl methyl sites for hydroxylation is 2. The van der Waals surface area contributed by atoms with E-state index in [-0.39, 0.29) is 11.2 Å². The molecule has 0 saturated heterocycles. The lowest BCUT2D eigenvalue weighted by molar-refractivity contribution is -0.385. The van der Waals surface area contributed by atoms with Gasteiger partial charge in [-0.05, 0) is 49.5 Å². The van der Waals surface area contributed by atoms with Gasteiger partial charge in [-0.3, -0.25) is 14.9 Å². The van der Waals surface area contributed by atoms with Crippen LogP contribution in [0.1, 0.15) is 41.1 Å². The lowest BCUT2D eigenvalue weighted by Crippen LogP contribution is -2.10. The molecule has 0 amide bonds.